The zero-order valence-electron chi connectivity index (χ0n) is 13.0. The molecule has 1 atom stereocenters. The van der Waals surface area contributed by atoms with Crippen molar-refractivity contribution in [1.82, 2.24) is 14.9 Å². The largest absolute Gasteiger partial charge is 0.385 e. The molecule has 0 saturated carbocycles. The topological polar surface area (TPSA) is 62.9 Å². The maximum absolute atomic E-state index is 9.15. The number of rotatable bonds is 5. The van der Waals surface area contributed by atoms with E-state index in [4.69, 9.17) is 15.0 Å². The third-order valence-corrected chi connectivity index (χ3v) is 4.30. The van der Waals surface area contributed by atoms with Crippen LogP contribution in [0.1, 0.15) is 36.6 Å². The van der Waals surface area contributed by atoms with E-state index in [1.807, 2.05) is 18.2 Å². The Labute approximate surface area is 130 Å². The minimum Gasteiger partial charge on any atom is -0.385 e. The van der Waals surface area contributed by atoms with Crippen molar-refractivity contribution < 1.29 is 4.74 Å². The summed E-state index contributed by atoms with van der Waals surface area (Å²) in [6.07, 6.45) is 3.31. The van der Waals surface area contributed by atoms with Gasteiger partial charge in [0.15, 0.2) is 0 Å². The molecule has 1 fully saturated rings. The number of fused-ring (bicyclic) bond motifs is 1. The monoisotopic (exact) mass is 298 g/mol. The Morgan fingerprint density at radius 1 is 1.50 bits per heavy atom. The van der Waals surface area contributed by atoms with Crippen LogP contribution >= 0.6 is 0 Å². The zero-order valence-corrected chi connectivity index (χ0v) is 13.0. The lowest BCUT2D eigenvalue weighted by Gasteiger charge is -2.23. The fourth-order valence-corrected chi connectivity index (χ4v) is 3.20. The first kappa shape index (κ1) is 15.0. The molecule has 1 unspecified atom stereocenters. The molecule has 1 aliphatic rings. The summed E-state index contributed by atoms with van der Waals surface area (Å²) in [4.78, 5) is 4.86. The van der Waals surface area contributed by atoms with Gasteiger partial charge in [-0.1, -0.05) is 0 Å². The van der Waals surface area contributed by atoms with Crippen LogP contribution < -0.4 is 5.32 Å². The average Bonchev–Trinajstić information content (AvgIpc) is 2.94. The highest BCUT2D eigenvalue weighted by molar-refractivity contribution is 5.78. The fraction of sp³-hybridized carbons (Fsp3) is 0.529. The molecule has 1 aromatic heterocycles. The minimum absolute atomic E-state index is 0.453. The molecule has 2 heterocycles. The van der Waals surface area contributed by atoms with Crippen LogP contribution in [0.5, 0.6) is 0 Å². The number of aryl methyl sites for hydroxylation is 1. The highest BCUT2D eigenvalue weighted by Gasteiger charge is 2.22. The molecule has 2 aromatic rings. The second kappa shape index (κ2) is 6.91. The van der Waals surface area contributed by atoms with E-state index in [0.29, 0.717) is 11.5 Å². The van der Waals surface area contributed by atoms with E-state index in [9.17, 15) is 0 Å². The van der Waals surface area contributed by atoms with E-state index in [1.54, 1.807) is 7.11 Å². The number of benzene rings is 1. The van der Waals surface area contributed by atoms with Crippen LogP contribution in [0.2, 0.25) is 0 Å². The number of hydrogen-bond acceptors (Lipinski definition) is 4. The van der Waals surface area contributed by atoms with Gasteiger partial charge in [-0.2, -0.15) is 5.26 Å². The van der Waals surface area contributed by atoms with Gasteiger partial charge < -0.3 is 14.6 Å². The highest BCUT2D eigenvalue weighted by atomic mass is 16.5. The number of hydrogen-bond donors (Lipinski definition) is 1. The molecule has 0 bridgehead atoms. The van der Waals surface area contributed by atoms with Gasteiger partial charge in [-0.15, -0.1) is 0 Å². The Balaban J connectivity index is 2.00. The molecule has 5 nitrogen and oxygen atoms in total. The van der Waals surface area contributed by atoms with Crippen LogP contribution in [0, 0.1) is 11.3 Å². The molecular formula is C17H22N4O. The first-order chi connectivity index (χ1) is 10.8. The van der Waals surface area contributed by atoms with Crippen molar-refractivity contribution in [3.8, 4) is 6.07 Å². The minimum atomic E-state index is 0.453. The van der Waals surface area contributed by atoms with E-state index < -0.39 is 0 Å². The van der Waals surface area contributed by atoms with Crippen LogP contribution in [-0.4, -0.2) is 36.4 Å². The van der Waals surface area contributed by atoms with Gasteiger partial charge in [0, 0.05) is 32.7 Å². The van der Waals surface area contributed by atoms with Crippen LogP contribution in [0.4, 0.5) is 0 Å². The van der Waals surface area contributed by atoms with Gasteiger partial charge in [0.2, 0.25) is 0 Å². The summed E-state index contributed by atoms with van der Waals surface area (Å²) in [5.41, 5.74) is 2.74. The molecule has 1 N–H and O–H groups in total. The second-order valence-electron chi connectivity index (χ2n) is 5.83. The fourth-order valence-electron chi connectivity index (χ4n) is 3.20. The van der Waals surface area contributed by atoms with Gasteiger partial charge >= 0.3 is 0 Å². The van der Waals surface area contributed by atoms with E-state index in [2.05, 4.69) is 16.0 Å². The smallest absolute Gasteiger partial charge is 0.114 e. The Morgan fingerprint density at radius 2 is 2.41 bits per heavy atom. The number of ether oxygens (including phenoxy) is 1. The molecule has 116 valence electrons. The van der Waals surface area contributed by atoms with E-state index in [1.165, 1.54) is 12.8 Å². The standard InChI is InChI=1S/C17H22N4O/c1-22-9-3-8-21-16-10-13(11-18)5-6-15(16)20-17(21)14-4-2-7-19-12-14/h5-6,10,14,19H,2-4,7-9,12H2,1H3. The van der Waals surface area contributed by atoms with Crippen molar-refractivity contribution in [2.24, 2.45) is 0 Å². The van der Waals surface area contributed by atoms with Crippen molar-refractivity contribution in [1.29, 1.82) is 5.26 Å². The Morgan fingerprint density at radius 3 is 3.14 bits per heavy atom. The second-order valence-corrected chi connectivity index (χ2v) is 5.83. The number of nitrogens with one attached hydrogen (secondary N) is 1. The van der Waals surface area contributed by atoms with Crippen LogP contribution in [0.3, 0.4) is 0 Å². The Hall–Kier alpha value is -1.90. The first-order valence-corrected chi connectivity index (χ1v) is 7.93. The van der Waals surface area contributed by atoms with Gasteiger partial charge in [0.05, 0.1) is 22.7 Å². The molecule has 3 rings (SSSR count). The molecule has 0 aliphatic carbocycles. The first-order valence-electron chi connectivity index (χ1n) is 7.93. The number of imidazole rings is 1. The normalized spacial score (nSPS) is 18.5. The average molecular weight is 298 g/mol. The summed E-state index contributed by atoms with van der Waals surface area (Å²) in [5, 5.41) is 12.6. The number of nitriles is 1. The number of nitrogens with zero attached hydrogens (tertiary/aromatic N) is 3. The molecule has 0 amide bonds. The van der Waals surface area contributed by atoms with Gasteiger partial charge in [-0.3, -0.25) is 0 Å². The number of aromatic nitrogens is 2. The van der Waals surface area contributed by atoms with Gasteiger partial charge in [0.1, 0.15) is 5.82 Å². The summed E-state index contributed by atoms with van der Waals surface area (Å²) in [6, 6.07) is 7.98. The van der Waals surface area contributed by atoms with E-state index in [0.717, 1.165) is 49.5 Å². The summed E-state index contributed by atoms with van der Waals surface area (Å²) in [5.74, 6) is 1.60. The lowest BCUT2D eigenvalue weighted by Crippen LogP contribution is -2.30. The molecule has 0 spiro atoms. The highest BCUT2D eigenvalue weighted by Crippen LogP contribution is 2.27. The van der Waals surface area contributed by atoms with Crippen LogP contribution in [0.15, 0.2) is 18.2 Å². The quantitative estimate of drug-likeness (QED) is 0.861. The number of piperidine rings is 1. The molecular weight excluding hydrogens is 276 g/mol. The number of methoxy groups -OCH3 is 1. The predicted octanol–water partition coefficient (Wildman–Crippen LogP) is 2.41. The Kier molecular flexibility index (Phi) is 4.71. The molecule has 22 heavy (non-hydrogen) atoms. The van der Waals surface area contributed by atoms with Crippen LogP contribution in [0.25, 0.3) is 11.0 Å². The van der Waals surface area contributed by atoms with Crippen molar-refractivity contribution in [2.45, 2.75) is 31.7 Å². The predicted molar refractivity (Wildman–Crippen MR) is 85.8 cm³/mol. The summed E-state index contributed by atoms with van der Waals surface area (Å²) in [7, 11) is 1.73. The molecule has 1 aliphatic heterocycles. The summed E-state index contributed by atoms with van der Waals surface area (Å²) in [6.45, 7) is 3.70. The third kappa shape index (κ3) is 2.99. The maximum atomic E-state index is 9.15. The van der Waals surface area contributed by atoms with Crippen molar-refractivity contribution >= 4 is 11.0 Å². The maximum Gasteiger partial charge on any atom is 0.114 e. The van der Waals surface area contributed by atoms with Crippen molar-refractivity contribution in [3.05, 3.63) is 29.6 Å². The lowest BCUT2D eigenvalue weighted by atomic mass is 9.99. The molecule has 0 radical (unpaired) electrons. The van der Waals surface area contributed by atoms with Crippen LogP contribution in [-0.2, 0) is 11.3 Å². The van der Waals surface area contributed by atoms with Gasteiger partial charge in [-0.25, -0.2) is 4.98 Å². The molecule has 1 saturated heterocycles. The SMILES string of the molecule is COCCCn1c(C2CCCNC2)nc2ccc(C#N)cc21. The van der Waals surface area contributed by atoms with Crippen molar-refractivity contribution in [2.75, 3.05) is 26.8 Å². The van der Waals surface area contributed by atoms with E-state index in [-0.39, 0.29) is 0 Å². The molecule has 1 aromatic carbocycles. The zero-order chi connectivity index (χ0) is 15.4. The summed E-state index contributed by atoms with van der Waals surface area (Å²) < 4.78 is 7.47. The van der Waals surface area contributed by atoms with Gasteiger partial charge in [-0.05, 0) is 44.0 Å². The van der Waals surface area contributed by atoms with Gasteiger partial charge in [0.25, 0.3) is 0 Å². The molecule has 5 heteroatoms. The summed E-state index contributed by atoms with van der Waals surface area (Å²) >= 11 is 0. The Bertz CT molecular complexity index is 680. The lowest BCUT2D eigenvalue weighted by molar-refractivity contribution is 0.190. The third-order valence-electron chi connectivity index (χ3n) is 4.30. The van der Waals surface area contributed by atoms with E-state index >= 15 is 0 Å². The van der Waals surface area contributed by atoms with Crippen molar-refractivity contribution in [3.63, 3.8) is 0 Å².